The van der Waals surface area contributed by atoms with Crippen LogP contribution in [0.4, 0.5) is 0 Å². The molecule has 1 aromatic rings. The van der Waals surface area contributed by atoms with Crippen LogP contribution in [-0.4, -0.2) is 76.9 Å². The Bertz CT molecular complexity index is 861. The number of rotatable bonds is 5. The number of hydrogen-bond acceptors (Lipinski definition) is 6. The second kappa shape index (κ2) is 8.22. The Kier molecular flexibility index (Phi) is 6.29. The van der Waals surface area contributed by atoms with Gasteiger partial charge in [0.15, 0.2) is 0 Å². The lowest BCUT2D eigenvalue weighted by Crippen LogP contribution is -2.56. The van der Waals surface area contributed by atoms with Gasteiger partial charge in [-0.05, 0) is 58.5 Å². The van der Waals surface area contributed by atoms with Crippen molar-refractivity contribution in [3.05, 3.63) is 27.9 Å². The first-order valence-electron chi connectivity index (χ1n) is 10.00. The molecule has 2 saturated heterocycles. The molecule has 0 amide bonds. The Labute approximate surface area is 167 Å². The lowest BCUT2D eigenvalue weighted by atomic mass is 9.91. The Balaban J connectivity index is 1.54. The lowest BCUT2D eigenvalue weighted by molar-refractivity contribution is -0.0408. The summed E-state index contributed by atoms with van der Waals surface area (Å²) in [4.78, 5) is 18.9. The molecule has 1 atom stereocenters. The van der Waals surface area contributed by atoms with Gasteiger partial charge in [-0.15, -0.1) is 0 Å². The van der Waals surface area contributed by atoms with E-state index in [1.54, 1.807) is 10.9 Å². The summed E-state index contributed by atoms with van der Waals surface area (Å²) in [6.07, 6.45) is 6.05. The van der Waals surface area contributed by atoms with Crippen LogP contribution in [0.3, 0.4) is 0 Å². The highest BCUT2D eigenvalue weighted by Crippen LogP contribution is 2.26. The summed E-state index contributed by atoms with van der Waals surface area (Å²) in [5, 5.41) is 10.9. The number of piperidine rings is 2. The monoisotopic (exact) mass is 412 g/mol. The second-order valence-corrected chi connectivity index (χ2v) is 10.5. The maximum Gasteiger partial charge on any atom is 0.256 e. The fourth-order valence-electron chi connectivity index (χ4n) is 4.31. The Morgan fingerprint density at radius 1 is 1.25 bits per heavy atom. The summed E-state index contributed by atoms with van der Waals surface area (Å²) in [7, 11) is -3.28. The van der Waals surface area contributed by atoms with Crippen molar-refractivity contribution in [3.63, 3.8) is 0 Å². The number of nitrogens with zero attached hydrogens (tertiary/aromatic N) is 4. The summed E-state index contributed by atoms with van der Waals surface area (Å²) in [5.41, 5.74) is 0.533. The van der Waals surface area contributed by atoms with E-state index in [1.807, 2.05) is 13.8 Å². The molecule has 8 nitrogen and oxygen atoms in total. The number of aliphatic hydroxyl groups is 1. The molecule has 0 spiro atoms. The van der Waals surface area contributed by atoms with Gasteiger partial charge in [-0.3, -0.25) is 9.36 Å². The molecule has 1 aromatic heterocycles. The van der Waals surface area contributed by atoms with Gasteiger partial charge in [0.2, 0.25) is 10.0 Å². The second-order valence-electron chi connectivity index (χ2n) is 8.56. The molecule has 1 N–H and O–H groups in total. The smallest absolute Gasteiger partial charge is 0.256 e. The number of aromatic nitrogens is 2. The van der Waals surface area contributed by atoms with E-state index in [4.69, 9.17) is 0 Å². The van der Waals surface area contributed by atoms with Crippen molar-refractivity contribution in [2.45, 2.75) is 51.7 Å². The van der Waals surface area contributed by atoms with E-state index < -0.39 is 15.6 Å². The summed E-state index contributed by atoms with van der Waals surface area (Å²) in [6.45, 7) is 7.19. The van der Waals surface area contributed by atoms with Gasteiger partial charge in [0.1, 0.15) is 0 Å². The number of sulfonamides is 1. The average Bonchev–Trinajstić information content (AvgIpc) is 2.63. The van der Waals surface area contributed by atoms with Crippen molar-refractivity contribution in [1.82, 2.24) is 18.8 Å². The Hall–Kier alpha value is -1.29. The summed E-state index contributed by atoms with van der Waals surface area (Å²) >= 11 is 0. The van der Waals surface area contributed by atoms with Gasteiger partial charge in [0.05, 0.1) is 18.2 Å². The van der Waals surface area contributed by atoms with Crippen LogP contribution in [0.15, 0.2) is 11.1 Å². The predicted molar refractivity (Wildman–Crippen MR) is 108 cm³/mol. The molecule has 0 saturated carbocycles. The molecule has 28 heavy (non-hydrogen) atoms. The molecule has 0 bridgehead atoms. The third-order valence-corrected chi connectivity index (χ3v) is 7.43. The van der Waals surface area contributed by atoms with E-state index in [-0.39, 0.29) is 12.1 Å². The van der Waals surface area contributed by atoms with Crippen molar-refractivity contribution in [1.29, 1.82) is 0 Å². The molecule has 3 rings (SSSR count). The van der Waals surface area contributed by atoms with E-state index in [0.717, 1.165) is 31.6 Å². The third-order valence-electron chi connectivity index (χ3n) is 6.18. The van der Waals surface area contributed by atoms with E-state index in [2.05, 4.69) is 9.88 Å². The molecule has 0 aliphatic carbocycles. The molecule has 0 radical (unpaired) electrons. The highest BCUT2D eigenvalue weighted by atomic mass is 32.2. The first-order valence-corrected chi connectivity index (χ1v) is 11.8. The van der Waals surface area contributed by atoms with Crippen LogP contribution in [0.2, 0.25) is 0 Å². The van der Waals surface area contributed by atoms with Crippen LogP contribution in [0.1, 0.15) is 36.9 Å². The third kappa shape index (κ3) is 5.00. The fourth-order valence-corrected chi connectivity index (χ4v) is 5.25. The zero-order chi connectivity index (χ0) is 20.5. The molecule has 2 aliphatic heterocycles. The molecular weight excluding hydrogens is 380 g/mol. The SMILES string of the molecule is Cc1ncn(CC2CCN(CC3(O)CCCN(S(C)(=O)=O)C3)CC2)c(=O)c1C. The van der Waals surface area contributed by atoms with E-state index in [9.17, 15) is 18.3 Å². The van der Waals surface area contributed by atoms with Crippen molar-refractivity contribution >= 4 is 10.0 Å². The van der Waals surface area contributed by atoms with Gasteiger partial charge in [0.25, 0.3) is 5.56 Å². The van der Waals surface area contributed by atoms with Crippen LogP contribution in [0.5, 0.6) is 0 Å². The molecule has 0 aromatic carbocycles. The lowest BCUT2D eigenvalue weighted by Gasteiger charge is -2.42. The van der Waals surface area contributed by atoms with Gasteiger partial charge in [-0.2, -0.15) is 4.31 Å². The summed E-state index contributed by atoms with van der Waals surface area (Å²) < 4.78 is 26.7. The molecule has 2 fully saturated rings. The van der Waals surface area contributed by atoms with Gasteiger partial charge in [-0.1, -0.05) is 0 Å². The van der Waals surface area contributed by atoms with Crippen LogP contribution in [-0.2, 0) is 16.6 Å². The molecule has 1 unspecified atom stereocenters. The van der Waals surface area contributed by atoms with Crippen LogP contribution >= 0.6 is 0 Å². The molecule has 3 heterocycles. The standard InChI is InChI=1S/C19H32N4O4S/c1-15-16(2)20-14-22(18(15)24)11-17-5-9-21(10-6-17)12-19(25)7-4-8-23(13-19)28(3,26)27/h14,17,25H,4-13H2,1-3H3. The average molecular weight is 413 g/mol. The van der Waals surface area contributed by atoms with Crippen molar-refractivity contribution in [2.75, 3.05) is 39.0 Å². The highest BCUT2D eigenvalue weighted by Gasteiger charge is 2.38. The number of β-amino-alcohol motifs (C(OH)–C–C–N with tert-alkyl or cyclic N) is 1. The quantitative estimate of drug-likeness (QED) is 0.750. The highest BCUT2D eigenvalue weighted by molar-refractivity contribution is 7.88. The minimum absolute atomic E-state index is 0.0345. The van der Waals surface area contributed by atoms with Gasteiger partial charge in [0, 0.05) is 37.4 Å². The van der Waals surface area contributed by atoms with Gasteiger partial charge in [-0.25, -0.2) is 13.4 Å². The van der Waals surface area contributed by atoms with E-state index in [1.165, 1.54) is 10.6 Å². The van der Waals surface area contributed by atoms with E-state index in [0.29, 0.717) is 44.0 Å². The molecule has 2 aliphatic rings. The largest absolute Gasteiger partial charge is 0.387 e. The first kappa shape index (κ1) is 21.4. The Morgan fingerprint density at radius 2 is 1.93 bits per heavy atom. The zero-order valence-electron chi connectivity index (χ0n) is 17.1. The summed E-state index contributed by atoms with van der Waals surface area (Å²) in [6, 6.07) is 0. The maximum absolute atomic E-state index is 12.4. The van der Waals surface area contributed by atoms with Gasteiger partial charge < -0.3 is 10.0 Å². The van der Waals surface area contributed by atoms with Gasteiger partial charge >= 0.3 is 0 Å². The van der Waals surface area contributed by atoms with Crippen LogP contribution < -0.4 is 5.56 Å². The predicted octanol–water partition coefficient (Wildman–Crippen LogP) is 0.359. The molecule has 158 valence electrons. The molecule has 9 heteroatoms. The van der Waals surface area contributed by atoms with Crippen molar-refractivity contribution in [3.8, 4) is 0 Å². The van der Waals surface area contributed by atoms with Crippen molar-refractivity contribution in [2.24, 2.45) is 5.92 Å². The molecular formula is C19H32N4O4S. The number of aryl methyl sites for hydroxylation is 1. The van der Waals surface area contributed by atoms with Crippen LogP contribution in [0, 0.1) is 19.8 Å². The topological polar surface area (TPSA) is 95.7 Å². The first-order chi connectivity index (χ1) is 13.1. The summed E-state index contributed by atoms with van der Waals surface area (Å²) in [5.74, 6) is 0.409. The van der Waals surface area contributed by atoms with E-state index >= 15 is 0 Å². The zero-order valence-corrected chi connectivity index (χ0v) is 17.9. The minimum atomic E-state index is -3.28. The van der Waals surface area contributed by atoms with Crippen molar-refractivity contribution < 1.29 is 13.5 Å². The normalized spacial score (nSPS) is 25.9. The Morgan fingerprint density at radius 3 is 2.57 bits per heavy atom. The maximum atomic E-state index is 12.4. The van der Waals surface area contributed by atoms with Crippen LogP contribution in [0.25, 0.3) is 0 Å². The fraction of sp³-hybridized carbons (Fsp3) is 0.789. The number of likely N-dealkylation sites (tertiary alicyclic amines) is 1. The number of hydrogen-bond donors (Lipinski definition) is 1. The minimum Gasteiger partial charge on any atom is -0.387 e.